The van der Waals surface area contributed by atoms with E-state index in [0.29, 0.717) is 5.56 Å². The Hall–Kier alpha value is -1.88. The van der Waals surface area contributed by atoms with E-state index in [0.717, 1.165) is 12.1 Å². The molecule has 2 aromatic rings. The third-order valence-electron chi connectivity index (χ3n) is 1.99. The SMILES string of the molecule is O=c1[nH]cc(-c2cc(F)cc(Cl)c2)c(=O)[nH]1. The number of rotatable bonds is 1. The zero-order chi connectivity index (χ0) is 11.7. The maximum Gasteiger partial charge on any atom is 0.325 e. The minimum absolute atomic E-state index is 0.154. The van der Waals surface area contributed by atoms with Crippen molar-refractivity contribution in [2.45, 2.75) is 0 Å². The van der Waals surface area contributed by atoms with Crippen LogP contribution in [0.4, 0.5) is 4.39 Å². The van der Waals surface area contributed by atoms with Gasteiger partial charge in [-0.1, -0.05) is 11.6 Å². The van der Waals surface area contributed by atoms with Crippen molar-refractivity contribution >= 4 is 11.6 Å². The van der Waals surface area contributed by atoms with Gasteiger partial charge in [-0.3, -0.25) is 9.78 Å². The average Bonchev–Trinajstić information content (AvgIpc) is 2.15. The fourth-order valence-corrected chi connectivity index (χ4v) is 1.56. The second-order valence-corrected chi connectivity index (χ2v) is 3.58. The molecule has 16 heavy (non-hydrogen) atoms. The van der Waals surface area contributed by atoms with Crippen LogP contribution in [-0.2, 0) is 0 Å². The first-order valence-electron chi connectivity index (χ1n) is 4.35. The van der Waals surface area contributed by atoms with Crippen molar-refractivity contribution < 1.29 is 4.39 Å². The third kappa shape index (κ3) is 2.04. The molecule has 2 rings (SSSR count). The van der Waals surface area contributed by atoms with Crippen molar-refractivity contribution in [2.75, 3.05) is 0 Å². The van der Waals surface area contributed by atoms with E-state index in [4.69, 9.17) is 11.6 Å². The summed E-state index contributed by atoms with van der Waals surface area (Å²) in [6.07, 6.45) is 1.21. The zero-order valence-corrected chi connectivity index (χ0v) is 8.64. The normalized spacial score (nSPS) is 10.4. The number of hydrogen-bond acceptors (Lipinski definition) is 2. The van der Waals surface area contributed by atoms with Crippen molar-refractivity contribution in [2.24, 2.45) is 0 Å². The Kier molecular flexibility index (Phi) is 2.62. The van der Waals surface area contributed by atoms with Crippen molar-refractivity contribution in [3.63, 3.8) is 0 Å². The highest BCUT2D eigenvalue weighted by molar-refractivity contribution is 6.30. The molecule has 0 saturated heterocycles. The minimum atomic E-state index is -0.615. The van der Waals surface area contributed by atoms with Crippen LogP contribution in [0.2, 0.25) is 5.02 Å². The molecule has 0 spiro atoms. The summed E-state index contributed by atoms with van der Waals surface area (Å²) in [5.41, 5.74) is -0.745. The summed E-state index contributed by atoms with van der Waals surface area (Å²) in [6.45, 7) is 0. The first-order chi connectivity index (χ1) is 7.56. The molecule has 0 aliphatic heterocycles. The van der Waals surface area contributed by atoms with Gasteiger partial charge in [0.15, 0.2) is 0 Å². The molecular formula is C10H6ClFN2O2. The van der Waals surface area contributed by atoms with E-state index in [9.17, 15) is 14.0 Å². The molecule has 1 heterocycles. The Morgan fingerprint density at radius 1 is 1.19 bits per heavy atom. The number of H-pyrrole nitrogens is 2. The Balaban J connectivity index is 2.67. The van der Waals surface area contributed by atoms with E-state index in [1.807, 2.05) is 4.98 Å². The van der Waals surface area contributed by atoms with E-state index in [2.05, 4.69) is 4.98 Å². The Bertz CT molecular complexity index is 628. The van der Waals surface area contributed by atoms with Gasteiger partial charge in [0.25, 0.3) is 5.56 Å². The summed E-state index contributed by atoms with van der Waals surface area (Å²) >= 11 is 5.66. The Morgan fingerprint density at radius 2 is 1.94 bits per heavy atom. The van der Waals surface area contributed by atoms with Gasteiger partial charge in [0, 0.05) is 11.2 Å². The van der Waals surface area contributed by atoms with Gasteiger partial charge in [0.05, 0.1) is 5.56 Å². The van der Waals surface area contributed by atoms with Crippen LogP contribution in [0.3, 0.4) is 0 Å². The standard InChI is InChI=1S/C10H6ClFN2O2/c11-6-1-5(2-7(12)3-6)8-4-13-10(16)14-9(8)15/h1-4H,(H2,13,14,15,16). The number of hydrogen-bond donors (Lipinski definition) is 2. The molecule has 0 fully saturated rings. The van der Waals surface area contributed by atoms with Crippen LogP contribution in [0.25, 0.3) is 11.1 Å². The van der Waals surface area contributed by atoms with Gasteiger partial charge in [-0.05, 0) is 23.8 Å². The molecule has 1 aromatic carbocycles. The van der Waals surface area contributed by atoms with Crippen LogP contribution >= 0.6 is 11.6 Å². The van der Waals surface area contributed by atoms with E-state index >= 15 is 0 Å². The second kappa shape index (κ2) is 3.94. The quantitative estimate of drug-likeness (QED) is 0.794. The van der Waals surface area contributed by atoms with Gasteiger partial charge < -0.3 is 4.98 Å². The summed E-state index contributed by atoms with van der Waals surface area (Å²) in [5.74, 6) is -0.548. The molecule has 0 saturated carbocycles. The minimum Gasteiger partial charge on any atom is -0.313 e. The smallest absolute Gasteiger partial charge is 0.313 e. The van der Waals surface area contributed by atoms with E-state index in [1.54, 1.807) is 0 Å². The van der Waals surface area contributed by atoms with Crippen LogP contribution in [0.1, 0.15) is 0 Å². The summed E-state index contributed by atoms with van der Waals surface area (Å²) in [6, 6.07) is 3.73. The average molecular weight is 241 g/mol. The fraction of sp³-hybridized carbons (Fsp3) is 0. The molecule has 6 heteroatoms. The largest absolute Gasteiger partial charge is 0.325 e. The Morgan fingerprint density at radius 3 is 2.56 bits per heavy atom. The summed E-state index contributed by atoms with van der Waals surface area (Å²) in [4.78, 5) is 26.6. The van der Waals surface area contributed by atoms with Crippen LogP contribution in [0, 0.1) is 5.82 Å². The first kappa shape index (κ1) is 10.6. The highest BCUT2D eigenvalue weighted by Gasteiger charge is 2.06. The lowest BCUT2D eigenvalue weighted by atomic mass is 10.1. The molecule has 0 atom stereocenters. The van der Waals surface area contributed by atoms with Gasteiger partial charge in [-0.15, -0.1) is 0 Å². The predicted molar refractivity (Wildman–Crippen MR) is 58.1 cm³/mol. The third-order valence-corrected chi connectivity index (χ3v) is 2.21. The number of nitrogens with one attached hydrogen (secondary N) is 2. The highest BCUT2D eigenvalue weighted by atomic mass is 35.5. The van der Waals surface area contributed by atoms with Crippen LogP contribution in [-0.4, -0.2) is 9.97 Å². The van der Waals surface area contributed by atoms with Crippen molar-refractivity contribution in [1.29, 1.82) is 0 Å². The number of halogens is 2. The maximum atomic E-state index is 13.1. The summed E-state index contributed by atoms with van der Waals surface area (Å²) in [5, 5.41) is 0.181. The highest BCUT2D eigenvalue weighted by Crippen LogP contribution is 2.20. The number of aromatic amines is 2. The zero-order valence-electron chi connectivity index (χ0n) is 7.88. The first-order valence-corrected chi connectivity index (χ1v) is 4.72. The topological polar surface area (TPSA) is 65.7 Å². The summed E-state index contributed by atoms with van der Waals surface area (Å²) in [7, 11) is 0. The van der Waals surface area contributed by atoms with Crippen LogP contribution < -0.4 is 11.2 Å². The molecule has 0 bridgehead atoms. The number of benzene rings is 1. The molecule has 2 N–H and O–H groups in total. The Labute approximate surface area is 93.7 Å². The molecule has 1 aromatic heterocycles. The monoisotopic (exact) mass is 240 g/mol. The van der Waals surface area contributed by atoms with E-state index in [1.165, 1.54) is 12.3 Å². The predicted octanol–water partition coefficient (Wildman–Crippen LogP) is 1.52. The molecule has 0 unspecified atom stereocenters. The molecule has 82 valence electrons. The second-order valence-electron chi connectivity index (χ2n) is 3.14. The molecular weight excluding hydrogens is 235 g/mol. The van der Waals surface area contributed by atoms with Crippen LogP contribution in [0.15, 0.2) is 34.0 Å². The number of aromatic nitrogens is 2. The van der Waals surface area contributed by atoms with E-state index in [-0.39, 0.29) is 10.6 Å². The lowest BCUT2D eigenvalue weighted by Crippen LogP contribution is -2.22. The van der Waals surface area contributed by atoms with E-state index < -0.39 is 17.1 Å². The fourth-order valence-electron chi connectivity index (χ4n) is 1.33. The van der Waals surface area contributed by atoms with Gasteiger partial charge in [0.2, 0.25) is 0 Å². The van der Waals surface area contributed by atoms with Gasteiger partial charge in [0.1, 0.15) is 5.82 Å². The van der Waals surface area contributed by atoms with Gasteiger partial charge >= 0.3 is 5.69 Å². The summed E-state index contributed by atoms with van der Waals surface area (Å²) < 4.78 is 13.1. The lowest BCUT2D eigenvalue weighted by molar-refractivity contribution is 0.628. The molecule has 0 radical (unpaired) electrons. The lowest BCUT2D eigenvalue weighted by Gasteiger charge is -2.00. The van der Waals surface area contributed by atoms with Crippen LogP contribution in [0.5, 0.6) is 0 Å². The molecule has 0 aliphatic rings. The molecule has 0 amide bonds. The molecule has 4 nitrogen and oxygen atoms in total. The maximum absolute atomic E-state index is 13.1. The van der Waals surface area contributed by atoms with Crippen molar-refractivity contribution in [3.8, 4) is 11.1 Å². The van der Waals surface area contributed by atoms with Gasteiger partial charge in [-0.2, -0.15) is 0 Å². The van der Waals surface area contributed by atoms with Gasteiger partial charge in [-0.25, -0.2) is 9.18 Å². The van der Waals surface area contributed by atoms with Crippen molar-refractivity contribution in [3.05, 3.63) is 56.1 Å². The van der Waals surface area contributed by atoms with Crippen molar-refractivity contribution in [1.82, 2.24) is 9.97 Å². The molecule has 0 aliphatic carbocycles.